The van der Waals surface area contributed by atoms with E-state index in [9.17, 15) is 14.4 Å². The number of nitrogens with one attached hydrogen (secondary N) is 3. The smallest absolute Gasteiger partial charge is 0.252 e. The number of benzene rings is 1. The number of carbonyl (C=O) groups excluding carboxylic acids is 3. The summed E-state index contributed by atoms with van der Waals surface area (Å²) in [5.41, 5.74) is 4.46. The Kier molecular flexibility index (Phi) is 6.91. The van der Waals surface area contributed by atoms with E-state index in [1.165, 1.54) is 11.3 Å². The van der Waals surface area contributed by atoms with Crippen LogP contribution in [0, 0.1) is 20.8 Å². The third kappa shape index (κ3) is 5.70. The highest BCUT2D eigenvalue weighted by atomic mass is 32.1. The zero-order chi connectivity index (χ0) is 19.1. The summed E-state index contributed by atoms with van der Waals surface area (Å²) in [6, 6.07) is 5.72. The molecule has 3 N–H and O–H groups in total. The van der Waals surface area contributed by atoms with Gasteiger partial charge in [-0.3, -0.25) is 14.4 Å². The van der Waals surface area contributed by atoms with Gasteiger partial charge in [0.2, 0.25) is 11.8 Å². The van der Waals surface area contributed by atoms with Crippen LogP contribution in [0.1, 0.15) is 33.5 Å². The van der Waals surface area contributed by atoms with Gasteiger partial charge < -0.3 is 16.0 Å². The summed E-state index contributed by atoms with van der Waals surface area (Å²) in [5, 5.41) is 11.6. The van der Waals surface area contributed by atoms with Crippen LogP contribution in [0.25, 0.3) is 0 Å². The molecule has 0 atom stereocenters. The normalized spacial score (nSPS) is 10.3. The molecule has 2 rings (SSSR count). The fourth-order valence-electron chi connectivity index (χ4n) is 2.61. The molecule has 0 spiro atoms. The van der Waals surface area contributed by atoms with Crippen LogP contribution in [0.5, 0.6) is 0 Å². The van der Waals surface area contributed by atoms with Crippen molar-refractivity contribution in [2.45, 2.75) is 27.2 Å². The van der Waals surface area contributed by atoms with E-state index in [1.54, 1.807) is 11.4 Å². The molecule has 7 heteroatoms. The molecular weight excluding hydrogens is 350 g/mol. The van der Waals surface area contributed by atoms with Gasteiger partial charge in [0.15, 0.2) is 0 Å². The van der Waals surface area contributed by atoms with Gasteiger partial charge in [-0.2, -0.15) is 11.3 Å². The zero-order valence-corrected chi connectivity index (χ0v) is 16.0. The van der Waals surface area contributed by atoms with E-state index >= 15 is 0 Å². The highest BCUT2D eigenvalue weighted by Gasteiger charge is 2.10. The molecule has 26 heavy (non-hydrogen) atoms. The van der Waals surface area contributed by atoms with Crippen molar-refractivity contribution in [2.24, 2.45) is 0 Å². The van der Waals surface area contributed by atoms with Crippen molar-refractivity contribution in [1.29, 1.82) is 0 Å². The van der Waals surface area contributed by atoms with E-state index in [1.807, 2.05) is 38.3 Å². The van der Waals surface area contributed by atoms with Gasteiger partial charge in [-0.25, -0.2) is 0 Å². The van der Waals surface area contributed by atoms with Crippen molar-refractivity contribution in [3.63, 3.8) is 0 Å². The second kappa shape index (κ2) is 9.15. The largest absolute Gasteiger partial charge is 0.351 e. The summed E-state index contributed by atoms with van der Waals surface area (Å²) in [4.78, 5) is 35.6. The van der Waals surface area contributed by atoms with E-state index in [2.05, 4.69) is 16.0 Å². The minimum absolute atomic E-state index is 0.107. The monoisotopic (exact) mass is 373 g/mol. The summed E-state index contributed by atoms with van der Waals surface area (Å²) in [6.45, 7) is 5.99. The molecule has 0 saturated carbocycles. The molecule has 0 aliphatic carbocycles. The van der Waals surface area contributed by atoms with Crippen LogP contribution in [0.2, 0.25) is 0 Å². The molecule has 2 aromatic rings. The van der Waals surface area contributed by atoms with E-state index in [0.717, 1.165) is 22.4 Å². The molecule has 3 amide bonds. The van der Waals surface area contributed by atoms with E-state index in [0.29, 0.717) is 5.56 Å². The lowest BCUT2D eigenvalue weighted by Gasteiger charge is -2.13. The van der Waals surface area contributed by atoms with Crippen LogP contribution in [0.4, 0.5) is 5.69 Å². The van der Waals surface area contributed by atoms with E-state index in [-0.39, 0.29) is 37.2 Å². The first-order valence-electron chi connectivity index (χ1n) is 8.31. The molecule has 0 aliphatic rings. The Bertz CT molecular complexity index is 777. The fourth-order valence-corrected chi connectivity index (χ4v) is 3.25. The lowest BCUT2D eigenvalue weighted by molar-refractivity contribution is -0.124. The summed E-state index contributed by atoms with van der Waals surface area (Å²) in [6.07, 6.45) is 0.117. The maximum atomic E-state index is 12.0. The Morgan fingerprint density at radius 2 is 1.69 bits per heavy atom. The van der Waals surface area contributed by atoms with Gasteiger partial charge in [0.1, 0.15) is 0 Å². The standard InChI is InChI=1S/C19H23N3O3S/c1-12-8-13(2)18(14(3)9-12)22-17(24)10-21-16(23)4-6-20-19(25)15-5-7-26-11-15/h5,7-9,11H,4,6,10H2,1-3H3,(H,20,25)(H,21,23)(H,22,24). The quantitative estimate of drug-likeness (QED) is 0.697. The highest BCUT2D eigenvalue weighted by molar-refractivity contribution is 7.08. The number of amides is 3. The zero-order valence-electron chi connectivity index (χ0n) is 15.1. The third-order valence-electron chi connectivity index (χ3n) is 3.81. The topological polar surface area (TPSA) is 87.3 Å². The van der Waals surface area contributed by atoms with Gasteiger partial charge in [-0.1, -0.05) is 17.7 Å². The minimum atomic E-state index is -0.289. The Morgan fingerprint density at radius 3 is 2.31 bits per heavy atom. The Labute approximate surface area is 157 Å². The van der Waals surface area contributed by atoms with Gasteiger partial charge >= 0.3 is 0 Å². The lowest BCUT2D eigenvalue weighted by Crippen LogP contribution is -2.35. The number of anilines is 1. The summed E-state index contributed by atoms with van der Waals surface area (Å²) in [5.74, 6) is -0.777. The highest BCUT2D eigenvalue weighted by Crippen LogP contribution is 2.21. The first kappa shape index (κ1) is 19.7. The number of hydrogen-bond donors (Lipinski definition) is 3. The van der Waals surface area contributed by atoms with E-state index in [4.69, 9.17) is 0 Å². The van der Waals surface area contributed by atoms with Crippen LogP contribution in [-0.4, -0.2) is 30.8 Å². The maximum Gasteiger partial charge on any atom is 0.252 e. The van der Waals surface area contributed by atoms with Crippen molar-refractivity contribution in [2.75, 3.05) is 18.4 Å². The van der Waals surface area contributed by atoms with Gasteiger partial charge in [0.05, 0.1) is 6.54 Å². The van der Waals surface area contributed by atoms with Crippen LogP contribution in [0.3, 0.4) is 0 Å². The van der Waals surface area contributed by atoms with E-state index < -0.39 is 0 Å². The average Bonchev–Trinajstić information content (AvgIpc) is 3.11. The molecule has 6 nitrogen and oxygen atoms in total. The van der Waals surface area contributed by atoms with Gasteiger partial charge in [0.25, 0.3) is 5.91 Å². The number of thiophene rings is 1. The molecule has 0 aliphatic heterocycles. The van der Waals surface area contributed by atoms with Gasteiger partial charge in [-0.15, -0.1) is 0 Å². The first-order valence-corrected chi connectivity index (χ1v) is 9.26. The molecule has 0 radical (unpaired) electrons. The van der Waals surface area contributed by atoms with Crippen molar-refractivity contribution >= 4 is 34.7 Å². The van der Waals surface area contributed by atoms with Crippen molar-refractivity contribution in [3.8, 4) is 0 Å². The first-order chi connectivity index (χ1) is 12.4. The molecule has 0 fully saturated rings. The molecule has 1 aromatic carbocycles. The Hall–Kier alpha value is -2.67. The number of hydrogen-bond acceptors (Lipinski definition) is 4. The van der Waals surface area contributed by atoms with Gasteiger partial charge in [0, 0.05) is 29.6 Å². The van der Waals surface area contributed by atoms with Crippen LogP contribution in [-0.2, 0) is 9.59 Å². The molecule has 1 heterocycles. The molecule has 1 aromatic heterocycles. The number of aryl methyl sites for hydroxylation is 3. The Morgan fingerprint density at radius 1 is 1.00 bits per heavy atom. The number of carbonyl (C=O) groups is 3. The average molecular weight is 373 g/mol. The maximum absolute atomic E-state index is 12.0. The van der Waals surface area contributed by atoms with Crippen molar-refractivity contribution < 1.29 is 14.4 Å². The molecule has 138 valence electrons. The Balaban J connectivity index is 1.72. The van der Waals surface area contributed by atoms with Crippen LogP contribution >= 0.6 is 11.3 Å². The molecule has 0 bridgehead atoms. The predicted molar refractivity (Wildman–Crippen MR) is 104 cm³/mol. The van der Waals surface area contributed by atoms with Crippen LogP contribution < -0.4 is 16.0 Å². The fraction of sp³-hybridized carbons (Fsp3) is 0.316. The lowest BCUT2D eigenvalue weighted by atomic mass is 10.1. The third-order valence-corrected chi connectivity index (χ3v) is 4.49. The van der Waals surface area contributed by atoms with Crippen LogP contribution in [0.15, 0.2) is 29.0 Å². The molecule has 0 saturated heterocycles. The molecular formula is C19H23N3O3S. The summed E-state index contributed by atoms with van der Waals surface area (Å²) < 4.78 is 0. The van der Waals surface area contributed by atoms with Crippen molar-refractivity contribution in [1.82, 2.24) is 10.6 Å². The van der Waals surface area contributed by atoms with Crippen molar-refractivity contribution in [3.05, 3.63) is 51.2 Å². The second-order valence-corrected chi connectivity index (χ2v) is 6.90. The SMILES string of the molecule is Cc1cc(C)c(NC(=O)CNC(=O)CCNC(=O)c2ccsc2)c(C)c1. The molecule has 0 unspecified atom stereocenters. The predicted octanol–water partition coefficient (Wildman–Crippen LogP) is 2.55. The summed E-state index contributed by atoms with van der Waals surface area (Å²) >= 11 is 1.44. The number of rotatable bonds is 7. The summed E-state index contributed by atoms with van der Waals surface area (Å²) in [7, 11) is 0. The second-order valence-electron chi connectivity index (χ2n) is 6.12. The van der Waals surface area contributed by atoms with Gasteiger partial charge in [-0.05, 0) is 43.3 Å². The minimum Gasteiger partial charge on any atom is -0.351 e.